The van der Waals surface area contributed by atoms with Crippen molar-refractivity contribution >= 4 is 40.1 Å². The molecule has 0 aliphatic heterocycles. The highest BCUT2D eigenvalue weighted by molar-refractivity contribution is 6.31. The first-order valence-corrected chi connectivity index (χ1v) is 7.56. The van der Waals surface area contributed by atoms with Gasteiger partial charge in [-0.15, -0.1) is 0 Å². The molecular weight excluding hydrogens is 330 g/mol. The molecule has 0 aliphatic rings. The van der Waals surface area contributed by atoms with Crippen molar-refractivity contribution in [1.29, 1.82) is 0 Å². The number of halogens is 1. The van der Waals surface area contributed by atoms with Crippen LogP contribution in [0, 0.1) is 6.92 Å². The van der Waals surface area contributed by atoms with Crippen LogP contribution in [0.15, 0.2) is 46.9 Å². The van der Waals surface area contributed by atoms with Gasteiger partial charge < -0.3 is 14.5 Å². The fourth-order valence-corrected chi connectivity index (χ4v) is 2.64. The number of benzene rings is 2. The predicted octanol–water partition coefficient (Wildman–Crippen LogP) is 4.43. The van der Waals surface area contributed by atoms with Crippen molar-refractivity contribution < 1.29 is 18.7 Å². The molecule has 3 rings (SSSR count). The number of furan rings is 1. The van der Waals surface area contributed by atoms with Gasteiger partial charge in [-0.1, -0.05) is 23.7 Å². The molecule has 0 aliphatic carbocycles. The number of ether oxygens (including phenoxy) is 1. The smallest absolute Gasteiger partial charge is 0.339 e. The topological polar surface area (TPSA) is 68.5 Å². The van der Waals surface area contributed by atoms with Crippen LogP contribution in [0.1, 0.15) is 26.5 Å². The first-order chi connectivity index (χ1) is 11.5. The van der Waals surface area contributed by atoms with Gasteiger partial charge in [0.05, 0.1) is 18.4 Å². The molecule has 0 unspecified atom stereocenters. The van der Waals surface area contributed by atoms with Gasteiger partial charge in [0.15, 0.2) is 5.76 Å². The van der Waals surface area contributed by atoms with E-state index >= 15 is 0 Å². The van der Waals surface area contributed by atoms with Crippen molar-refractivity contribution in [3.8, 4) is 0 Å². The molecule has 0 saturated heterocycles. The normalized spacial score (nSPS) is 10.6. The number of esters is 1. The van der Waals surface area contributed by atoms with Gasteiger partial charge in [-0.05, 0) is 37.3 Å². The van der Waals surface area contributed by atoms with E-state index in [4.69, 9.17) is 20.8 Å². The molecule has 0 radical (unpaired) electrons. The Labute approximate surface area is 143 Å². The molecule has 122 valence electrons. The Hall–Kier alpha value is -2.79. The number of para-hydroxylation sites is 1. The highest BCUT2D eigenvalue weighted by Crippen LogP contribution is 2.28. The maximum Gasteiger partial charge on any atom is 0.339 e. The number of aryl methyl sites for hydroxylation is 1. The summed E-state index contributed by atoms with van der Waals surface area (Å²) in [6.07, 6.45) is 0. The molecule has 5 nitrogen and oxygen atoms in total. The standard InChI is InChI=1S/C18H14ClNO4/c1-10-13-9-11(19)7-8-15(13)24-16(10)17(21)20-14-6-4-3-5-12(14)18(22)23-2/h3-9H,1-2H3,(H,20,21). The molecule has 1 heterocycles. The monoisotopic (exact) mass is 343 g/mol. The molecule has 2 aromatic carbocycles. The van der Waals surface area contributed by atoms with Gasteiger partial charge in [0.2, 0.25) is 0 Å². The summed E-state index contributed by atoms with van der Waals surface area (Å²) in [5, 5.41) is 4.03. The minimum Gasteiger partial charge on any atom is -0.465 e. The van der Waals surface area contributed by atoms with Crippen LogP contribution < -0.4 is 5.32 Å². The van der Waals surface area contributed by atoms with Crippen LogP contribution in [0.4, 0.5) is 5.69 Å². The molecule has 0 fully saturated rings. The van der Waals surface area contributed by atoms with Crippen molar-refractivity contribution in [1.82, 2.24) is 0 Å². The van der Waals surface area contributed by atoms with E-state index in [0.29, 0.717) is 21.9 Å². The van der Waals surface area contributed by atoms with E-state index in [0.717, 1.165) is 5.39 Å². The van der Waals surface area contributed by atoms with Crippen LogP contribution in [0.3, 0.4) is 0 Å². The maximum absolute atomic E-state index is 12.6. The summed E-state index contributed by atoms with van der Waals surface area (Å²) in [5.41, 5.74) is 1.88. The fourth-order valence-electron chi connectivity index (χ4n) is 2.47. The molecular formula is C18H14ClNO4. The van der Waals surface area contributed by atoms with E-state index in [1.807, 2.05) is 0 Å². The predicted molar refractivity (Wildman–Crippen MR) is 91.7 cm³/mol. The van der Waals surface area contributed by atoms with Crippen molar-refractivity contribution in [2.45, 2.75) is 6.92 Å². The zero-order chi connectivity index (χ0) is 17.3. The quantitative estimate of drug-likeness (QED) is 0.714. The summed E-state index contributed by atoms with van der Waals surface area (Å²) in [7, 11) is 1.29. The van der Waals surface area contributed by atoms with E-state index in [1.54, 1.807) is 49.4 Å². The average molecular weight is 344 g/mol. The molecule has 1 amide bonds. The van der Waals surface area contributed by atoms with Crippen LogP contribution in [0.5, 0.6) is 0 Å². The number of anilines is 1. The number of hydrogen-bond donors (Lipinski definition) is 1. The molecule has 1 aromatic heterocycles. The zero-order valence-electron chi connectivity index (χ0n) is 13.1. The Bertz CT molecular complexity index is 945. The summed E-state index contributed by atoms with van der Waals surface area (Å²) >= 11 is 5.99. The maximum atomic E-state index is 12.6. The summed E-state index contributed by atoms with van der Waals surface area (Å²) in [4.78, 5) is 24.3. The van der Waals surface area contributed by atoms with E-state index in [1.165, 1.54) is 7.11 Å². The second-order valence-electron chi connectivity index (χ2n) is 5.19. The van der Waals surface area contributed by atoms with Gasteiger partial charge in [-0.25, -0.2) is 4.79 Å². The third-order valence-corrected chi connectivity index (χ3v) is 3.92. The molecule has 3 aromatic rings. The number of fused-ring (bicyclic) bond motifs is 1. The average Bonchev–Trinajstić information content (AvgIpc) is 2.91. The Balaban J connectivity index is 1.97. The largest absolute Gasteiger partial charge is 0.465 e. The second-order valence-corrected chi connectivity index (χ2v) is 5.62. The summed E-state index contributed by atoms with van der Waals surface area (Å²) in [6, 6.07) is 11.8. The lowest BCUT2D eigenvalue weighted by molar-refractivity contribution is 0.0602. The molecule has 6 heteroatoms. The summed E-state index contributed by atoms with van der Waals surface area (Å²) in [6.45, 7) is 1.78. The number of methoxy groups -OCH3 is 1. The molecule has 1 N–H and O–H groups in total. The third-order valence-electron chi connectivity index (χ3n) is 3.69. The SMILES string of the molecule is COC(=O)c1ccccc1NC(=O)c1oc2ccc(Cl)cc2c1C. The number of carbonyl (C=O) groups excluding carboxylic acids is 2. The molecule has 0 saturated carbocycles. The van der Waals surface area contributed by atoms with Crippen molar-refractivity contribution in [2.75, 3.05) is 12.4 Å². The Morgan fingerprint density at radius 3 is 2.67 bits per heavy atom. The highest BCUT2D eigenvalue weighted by Gasteiger charge is 2.20. The summed E-state index contributed by atoms with van der Waals surface area (Å²) in [5.74, 6) is -0.804. The van der Waals surface area contributed by atoms with Crippen LogP contribution in [0.25, 0.3) is 11.0 Å². The second kappa shape index (κ2) is 6.37. The van der Waals surface area contributed by atoms with Crippen LogP contribution in [-0.2, 0) is 4.74 Å². The van der Waals surface area contributed by atoms with Crippen molar-refractivity contribution in [3.05, 3.63) is 64.4 Å². The molecule has 0 spiro atoms. The van der Waals surface area contributed by atoms with E-state index in [-0.39, 0.29) is 11.3 Å². The van der Waals surface area contributed by atoms with Crippen molar-refractivity contribution in [2.24, 2.45) is 0 Å². The Kier molecular flexibility index (Phi) is 4.27. The van der Waals surface area contributed by atoms with Crippen LogP contribution in [-0.4, -0.2) is 19.0 Å². The van der Waals surface area contributed by atoms with Gasteiger partial charge in [-0.2, -0.15) is 0 Å². The lowest BCUT2D eigenvalue weighted by Gasteiger charge is -2.08. The highest BCUT2D eigenvalue weighted by atomic mass is 35.5. The lowest BCUT2D eigenvalue weighted by atomic mass is 10.1. The van der Waals surface area contributed by atoms with Gasteiger partial charge in [0.1, 0.15) is 5.58 Å². The lowest BCUT2D eigenvalue weighted by Crippen LogP contribution is -2.15. The first kappa shape index (κ1) is 16.1. The number of hydrogen-bond acceptors (Lipinski definition) is 4. The van der Waals surface area contributed by atoms with Gasteiger partial charge >= 0.3 is 5.97 Å². The van der Waals surface area contributed by atoms with Gasteiger partial charge in [0.25, 0.3) is 5.91 Å². The first-order valence-electron chi connectivity index (χ1n) is 7.18. The number of nitrogens with one attached hydrogen (secondary N) is 1. The Morgan fingerprint density at radius 2 is 1.92 bits per heavy atom. The van der Waals surface area contributed by atoms with Gasteiger partial charge in [-0.3, -0.25) is 4.79 Å². The van der Waals surface area contributed by atoms with E-state index in [9.17, 15) is 9.59 Å². The van der Waals surface area contributed by atoms with Crippen molar-refractivity contribution in [3.63, 3.8) is 0 Å². The van der Waals surface area contributed by atoms with Crippen LogP contribution in [0.2, 0.25) is 5.02 Å². The van der Waals surface area contributed by atoms with Gasteiger partial charge in [0, 0.05) is 16.0 Å². The fraction of sp³-hybridized carbons (Fsp3) is 0.111. The molecule has 24 heavy (non-hydrogen) atoms. The molecule has 0 bridgehead atoms. The van der Waals surface area contributed by atoms with E-state index in [2.05, 4.69) is 5.32 Å². The van der Waals surface area contributed by atoms with E-state index < -0.39 is 11.9 Å². The minimum absolute atomic E-state index is 0.173. The summed E-state index contributed by atoms with van der Waals surface area (Å²) < 4.78 is 10.3. The zero-order valence-corrected chi connectivity index (χ0v) is 13.8. The number of rotatable bonds is 3. The number of carbonyl (C=O) groups is 2. The minimum atomic E-state index is -0.529. The number of amides is 1. The van der Waals surface area contributed by atoms with Crippen LogP contribution >= 0.6 is 11.6 Å². The third kappa shape index (κ3) is 2.86. The molecule has 0 atom stereocenters. The Morgan fingerprint density at radius 1 is 1.17 bits per heavy atom.